The molecule has 1 N–H and O–H groups in total. The van der Waals surface area contributed by atoms with E-state index < -0.39 is 0 Å². The van der Waals surface area contributed by atoms with Crippen molar-refractivity contribution in [1.82, 2.24) is 30.1 Å². The van der Waals surface area contributed by atoms with Crippen molar-refractivity contribution in [1.29, 1.82) is 0 Å². The summed E-state index contributed by atoms with van der Waals surface area (Å²) < 4.78 is 12.3. The van der Waals surface area contributed by atoms with Gasteiger partial charge in [-0.3, -0.25) is 4.79 Å². The van der Waals surface area contributed by atoms with Gasteiger partial charge < -0.3 is 14.6 Å². The minimum absolute atomic E-state index is 0.129. The van der Waals surface area contributed by atoms with Gasteiger partial charge in [0.2, 0.25) is 0 Å². The van der Waals surface area contributed by atoms with Crippen molar-refractivity contribution in [3.05, 3.63) is 41.4 Å². The second kappa shape index (κ2) is 6.00. The van der Waals surface area contributed by atoms with Crippen molar-refractivity contribution in [2.45, 2.75) is 32.4 Å². The molecule has 1 aliphatic heterocycles. The first-order valence-corrected chi connectivity index (χ1v) is 7.74. The maximum absolute atomic E-state index is 12.4. The molecular weight excluding hydrogens is 312 g/mol. The number of carbonyl (C=O) groups is 1. The molecule has 0 spiro atoms. The lowest BCUT2D eigenvalue weighted by molar-refractivity contribution is 0.0835. The van der Waals surface area contributed by atoms with Crippen LogP contribution in [0, 0.1) is 6.92 Å². The van der Waals surface area contributed by atoms with Crippen LogP contribution in [0.25, 0.3) is 5.65 Å². The minimum Gasteiger partial charge on any atom is -0.368 e. The molecule has 0 aromatic carbocycles. The minimum atomic E-state index is -0.263. The Morgan fingerprint density at radius 3 is 3.25 bits per heavy atom. The Balaban J connectivity index is 1.45. The third-order valence-corrected chi connectivity index (χ3v) is 4.00. The first kappa shape index (κ1) is 14.8. The van der Waals surface area contributed by atoms with Crippen LogP contribution in [0.3, 0.4) is 0 Å². The standard InChI is InChI=1S/C15H16N6O3/c1-9-10(7-16-13-4-5-18-21(9)13)14(22)17-8-12-19-15(24-20-12)11-3-2-6-23-11/h4-5,7,11H,2-3,6,8H2,1H3,(H,17,22). The molecule has 0 radical (unpaired) electrons. The molecular formula is C15H16N6O3. The number of rotatable bonds is 4. The molecule has 1 amide bonds. The van der Waals surface area contributed by atoms with E-state index in [1.54, 1.807) is 16.8 Å². The number of aryl methyl sites for hydroxylation is 1. The number of aromatic nitrogens is 5. The van der Waals surface area contributed by atoms with Crippen molar-refractivity contribution >= 4 is 11.6 Å². The summed E-state index contributed by atoms with van der Waals surface area (Å²) in [6, 6.07) is 1.78. The zero-order valence-electron chi connectivity index (χ0n) is 13.1. The quantitative estimate of drug-likeness (QED) is 0.766. The molecule has 4 rings (SSSR count). The van der Waals surface area contributed by atoms with E-state index >= 15 is 0 Å². The molecule has 9 heteroatoms. The molecule has 124 valence electrons. The average molecular weight is 328 g/mol. The Bertz CT molecular complexity index is 880. The fourth-order valence-corrected chi connectivity index (χ4v) is 2.71. The van der Waals surface area contributed by atoms with E-state index in [2.05, 4.69) is 25.5 Å². The SMILES string of the molecule is Cc1c(C(=O)NCc2noc(C3CCCO3)n2)cnc2ccnn12. The monoisotopic (exact) mass is 328 g/mol. The van der Waals surface area contributed by atoms with E-state index in [1.165, 1.54) is 6.20 Å². The lowest BCUT2D eigenvalue weighted by Crippen LogP contribution is -2.25. The number of amides is 1. The van der Waals surface area contributed by atoms with E-state index in [4.69, 9.17) is 9.26 Å². The normalized spacial score (nSPS) is 17.5. The first-order chi connectivity index (χ1) is 11.7. The van der Waals surface area contributed by atoms with Gasteiger partial charge in [0.15, 0.2) is 11.5 Å². The Hall–Kier alpha value is -2.81. The highest BCUT2D eigenvalue weighted by molar-refractivity contribution is 5.95. The van der Waals surface area contributed by atoms with Gasteiger partial charge in [0.05, 0.1) is 24.0 Å². The summed E-state index contributed by atoms with van der Waals surface area (Å²) in [5.41, 5.74) is 1.87. The molecule has 3 aromatic heterocycles. The summed E-state index contributed by atoms with van der Waals surface area (Å²) in [5, 5.41) is 10.8. The average Bonchev–Trinajstić information content (AvgIpc) is 3.32. The van der Waals surface area contributed by atoms with Gasteiger partial charge in [0.25, 0.3) is 11.8 Å². The Morgan fingerprint density at radius 1 is 1.50 bits per heavy atom. The van der Waals surface area contributed by atoms with Gasteiger partial charge in [-0.2, -0.15) is 10.1 Å². The van der Waals surface area contributed by atoms with Crippen LogP contribution in [0.2, 0.25) is 0 Å². The number of ether oxygens (including phenoxy) is 1. The Morgan fingerprint density at radius 2 is 2.42 bits per heavy atom. The van der Waals surface area contributed by atoms with Crippen LogP contribution in [-0.4, -0.2) is 37.3 Å². The molecule has 4 heterocycles. The number of nitrogens with zero attached hydrogens (tertiary/aromatic N) is 5. The van der Waals surface area contributed by atoms with E-state index in [1.807, 2.05) is 6.92 Å². The zero-order chi connectivity index (χ0) is 16.5. The van der Waals surface area contributed by atoms with Crippen LogP contribution in [0.1, 0.15) is 46.7 Å². The van der Waals surface area contributed by atoms with Crippen LogP contribution in [0.4, 0.5) is 0 Å². The lowest BCUT2D eigenvalue weighted by atomic mass is 10.2. The fourth-order valence-electron chi connectivity index (χ4n) is 2.71. The van der Waals surface area contributed by atoms with Gasteiger partial charge in [0.1, 0.15) is 6.10 Å². The van der Waals surface area contributed by atoms with Crippen molar-refractivity contribution in [3.8, 4) is 0 Å². The second-order valence-corrected chi connectivity index (χ2v) is 5.59. The fraction of sp³-hybridized carbons (Fsp3) is 0.400. The van der Waals surface area contributed by atoms with E-state index in [0.29, 0.717) is 29.5 Å². The first-order valence-electron chi connectivity index (χ1n) is 7.74. The van der Waals surface area contributed by atoms with E-state index in [-0.39, 0.29) is 18.6 Å². The molecule has 0 bridgehead atoms. The lowest BCUT2D eigenvalue weighted by Gasteiger charge is -2.07. The molecule has 1 saturated heterocycles. The maximum Gasteiger partial charge on any atom is 0.255 e. The number of hydrogen-bond donors (Lipinski definition) is 1. The number of fused-ring (bicyclic) bond motifs is 1. The Kier molecular flexibility index (Phi) is 3.69. The summed E-state index contributed by atoms with van der Waals surface area (Å²) in [6.45, 7) is 2.70. The van der Waals surface area contributed by atoms with Crippen molar-refractivity contribution in [2.24, 2.45) is 0 Å². The molecule has 1 fully saturated rings. The van der Waals surface area contributed by atoms with Gasteiger partial charge in [0, 0.05) is 18.9 Å². The smallest absolute Gasteiger partial charge is 0.255 e. The number of nitrogens with one attached hydrogen (secondary N) is 1. The van der Waals surface area contributed by atoms with Gasteiger partial charge >= 0.3 is 0 Å². The molecule has 24 heavy (non-hydrogen) atoms. The highest BCUT2D eigenvalue weighted by Gasteiger charge is 2.24. The second-order valence-electron chi connectivity index (χ2n) is 5.59. The largest absolute Gasteiger partial charge is 0.368 e. The van der Waals surface area contributed by atoms with Gasteiger partial charge in [-0.1, -0.05) is 5.16 Å². The zero-order valence-corrected chi connectivity index (χ0v) is 13.1. The third kappa shape index (κ3) is 2.62. The highest BCUT2D eigenvalue weighted by Crippen LogP contribution is 2.26. The topological polar surface area (TPSA) is 107 Å². The van der Waals surface area contributed by atoms with E-state index in [9.17, 15) is 4.79 Å². The summed E-state index contributed by atoms with van der Waals surface area (Å²) in [6.07, 6.45) is 4.92. The number of hydrogen-bond acceptors (Lipinski definition) is 7. The molecule has 9 nitrogen and oxygen atoms in total. The van der Waals surface area contributed by atoms with Crippen LogP contribution in [-0.2, 0) is 11.3 Å². The van der Waals surface area contributed by atoms with Crippen molar-refractivity contribution in [3.63, 3.8) is 0 Å². The van der Waals surface area contributed by atoms with Crippen molar-refractivity contribution < 1.29 is 14.1 Å². The summed E-state index contributed by atoms with van der Waals surface area (Å²) >= 11 is 0. The Labute approximate surface area is 137 Å². The molecule has 0 aliphatic carbocycles. The third-order valence-electron chi connectivity index (χ3n) is 4.00. The van der Waals surface area contributed by atoms with E-state index in [0.717, 1.165) is 18.5 Å². The summed E-state index contributed by atoms with van der Waals surface area (Å²) in [7, 11) is 0. The summed E-state index contributed by atoms with van der Waals surface area (Å²) in [4.78, 5) is 20.8. The van der Waals surface area contributed by atoms with Gasteiger partial charge in [-0.15, -0.1) is 0 Å². The maximum atomic E-state index is 12.4. The van der Waals surface area contributed by atoms with Crippen LogP contribution >= 0.6 is 0 Å². The highest BCUT2D eigenvalue weighted by atomic mass is 16.5. The molecule has 1 atom stereocenters. The van der Waals surface area contributed by atoms with Gasteiger partial charge in [-0.05, 0) is 19.8 Å². The predicted octanol–water partition coefficient (Wildman–Crippen LogP) is 1.20. The van der Waals surface area contributed by atoms with Crippen LogP contribution in [0.5, 0.6) is 0 Å². The molecule has 3 aromatic rings. The number of carbonyl (C=O) groups excluding carboxylic acids is 1. The van der Waals surface area contributed by atoms with Gasteiger partial charge in [-0.25, -0.2) is 9.50 Å². The predicted molar refractivity (Wildman–Crippen MR) is 81.1 cm³/mol. The van der Waals surface area contributed by atoms with Crippen molar-refractivity contribution in [2.75, 3.05) is 6.61 Å². The molecule has 1 unspecified atom stereocenters. The molecule has 1 aliphatic rings. The van der Waals surface area contributed by atoms with Crippen LogP contribution < -0.4 is 5.32 Å². The molecule has 0 saturated carbocycles. The van der Waals surface area contributed by atoms with Crippen LogP contribution in [0.15, 0.2) is 23.0 Å². The summed E-state index contributed by atoms with van der Waals surface area (Å²) in [5.74, 6) is 0.619.